The molecule has 2 aromatic rings. The summed E-state index contributed by atoms with van der Waals surface area (Å²) in [7, 11) is 0. The van der Waals surface area contributed by atoms with Gasteiger partial charge in [0, 0.05) is 30.5 Å². The van der Waals surface area contributed by atoms with E-state index in [-0.39, 0.29) is 30.9 Å². The van der Waals surface area contributed by atoms with E-state index in [4.69, 9.17) is 16.3 Å². The Hall–Kier alpha value is -2.46. The van der Waals surface area contributed by atoms with Crippen LogP contribution in [0.2, 0.25) is 4.34 Å². The van der Waals surface area contributed by atoms with Crippen LogP contribution in [-0.2, 0) is 14.3 Å². The van der Waals surface area contributed by atoms with E-state index in [1.165, 1.54) is 11.3 Å². The molecule has 1 aliphatic carbocycles. The van der Waals surface area contributed by atoms with Gasteiger partial charge in [0.1, 0.15) is 12.6 Å². The Labute approximate surface area is 208 Å². The highest BCUT2D eigenvalue weighted by molar-refractivity contribution is 7.18. The Morgan fingerprint density at radius 3 is 2.59 bits per heavy atom. The number of rotatable bonds is 9. The lowest BCUT2D eigenvalue weighted by Crippen LogP contribution is -2.56. The number of thiophene rings is 1. The molecule has 0 bridgehead atoms. The van der Waals surface area contributed by atoms with Crippen molar-refractivity contribution in [3.8, 4) is 0 Å². The standard InChI is InChI=1S/C24H29ClN4O4S/c1-2-28(17-4-3-5-17)19(14-26-24(32)20-10-11-21(25)34-20)23(31)27-16-6-8-18(9-7-16)29-12-13-33-15-22(29)30/h6-11,17,19H,2-5,12-15H2,1H3,(H,26,32)(H,27,31)/t19-/m0/s1. The number of morpholine rings is 1. The van der Waals surface area contributed by atoms with Gasteiger partial charge in [-0.1, -0.05) is 24.9 Å². The zero-order chi connectivity index (χ0) is 24.1. The van der Waals surface area contributed by atoms with Crippen LogP contribution in [0.3, 0.4) is 0 Å². The minimum Gasteiger partial charge on any atom is -0.370 e. The van der Waals surface area contributed by atoms with Crippen LogP contribution in [0.15, 0.2) is 36.4 Å². The maximum absolute atomic E-state index is 13.3. The molecular weight excluding hydrogens is 476 g/mol. The Balaban J connectivity index is 1.43. The van der Waals surface area contributed by atoms with Crippen molar-refractivity contribution in [2.45, 2.75) is 38.3 Å². The fraction of sp³-hybridized carbons (Fsp3) is 0.458. The normalized spacial score (nSPS) is 17.4. The first-order valence-electron chi connectivity index (χ1n) is 11.5. The Morgan fingerprint density at radius 1 is 1.24 bits per heavy atom. The SMILES string of the molecule is CCN(C1CCC1)[C@@H](CNC(=O)c1ccc(Cl)s1)C(=O)Nc1ccc(N2CCOCC2=O)cc1. The number of hydrogen-bond acceptors (Lipinski definition) is 6. The van der Waals surface area contributed by atoms with Gasteiger partial charge < -0.3 is 20.3 Å². The Morgan fingerprint density at radius 2 is 2.00 bits per heavy atom. The smallest absolute Gasteiger partial charge is 0.261 e. The predicted molar refractivity (Wildman–Crippen MR) is 134 cm³/mol. The summed E-state index contributed by atoms with van der Waals surface area (Å²) in [5.41, 5.74) is 1.41. The van der Waals surface area contributed by atoms with E-state index in [0.717, 1.165) is 24.9 Å². The zero-order valence-corrected chi connectivity index (χ0v) is 20.7. The second-order valence-electron chi connectivity index (χ2n) is 8.38. The van der Waals surface area contributed by atoms with Crippen LogP contribution in [0.25, 0.3) is 0 Å². The van der Waals surface area contributed by atoms with E-state index in [1.54, 1.807) is 29.2 Å². The van der Waals surface area contributed by atoms with Crippen LogP contribution in [0.5, 0.6) is 0 Å². The molecule has 10 heteroatoms. The summed E-state index contributed by atoms with van der Waals surface area (Å²) in [4.78, 5) is 42.4. The summed E-state index contributed by atoms with van der Waals surface area (Å²) in [5, 5.41) is 5.90. The van der Waals surface area contributed by atoms with Crippen molar-refractivity contribution in [1.29, 1.82) is 0 Å². The largest absolute Gasteiger partial charge is 0.370 e. The number of anilines is 2. The number of nitrogens with one attached hydrogen (secondary N) is 2. The van der Waals surface area contributed by atoms with Gasteiger partial charge in [-0.25, -0.2) is 0 Å². The highest BCUT2D eigenvalue weighted by atomic mass is 35.5. The third-order valence-corrected chi connectivity index (χ3v) is 7.53. The van der Waals surface area contributed by atoms with Gasteiger partial charge in [0.25, 0.3) is 11.8 Å². The monoisotopic (exact) mass is 504 g/mol. The molecule has 1 aromatic carbocycles. The predicted octanol–water partition coefficient (Wildman–Crippen LogP) is 3.38. The summed E-state index contributed by atoms with van der Waals surface area (Å²) in [5.74, 6) is -0.489. The van der Waals surface area contributed by atoms with E-state index >= 15 is 0 Å². The second-order valence-corrected chi connectivity index (χ2v) is 10.1. The van der Waals surface area contributed by atoms with Gasteiger partial charge in [-0.3, -0.25) is 19.3 Å². The molecule has 2 fully saturated rings. The summed E-state index contributed by atoms with van der Waals surface area (Å²) in [6.07, 6.45) is 3.25. The molecule has 0 spiro atoms. The quantitative estimate of drug-likeness (QED) is 0.546. The lowest BCUT2D eigenvalue weighted by molar-refractivity contribution is -0.125. The maximum Gasteiger partial charge on any atom is 0.261 e. The number of halogens is 1. The lowest BCUT2D eigenvalue weighted by Gasteiger charge is -2.41. The van der Waals surface area contributed by atoms with Crippen molar-refractivity contribution in [3.63, 3.8) is 0 Å². The fourth-order valence-electron chi connectivity index (χ4n) is 4.27. The summed E-state index contributed by atoms with van der Waals surface area (Å²) in [6.45, 7) is 4.04. The molecule has 2 heterocycles. The van der Waals surface area contributed by atoms with E-state index in [9.17, 15) is 14.4 Å². The minimum atomic E-state index is -0.504. The van der Waals surface area contributed by atoms with Crippen LogP contribution >= 0.6 is 22.9 Å². The van der Waals surface area contributed by atoms with Crippen LogP contribution in [0.1, 0.15) is 35.9 Å². The Kier molecular flexibility index (Phi) is 8.20. The van der Waals surface area contributed by atoms with Crippen LogP contribution in [0, 0.1) is 0 Å². The van der Waals surface area contributed by atoms with Gasteiger partial charge in [-0.05, 0) is 55.8 Å². The van der Waals surface area contributed by atoms with Crippen LogP contribution < -0.4 is 15.5 Å². The molecule has 34 heavy (non-hydrogen) atoms. The van der Waals surface area contributed by atoms with Crippen molar-refractivity contribution in [1.82, 2.24) is 10.2 Å². The second kappa shape index (κ2) is 11.3. The van der Waals surface area contributed by atoms with Crippen LogP contribution in [0.4, 0.5) is 11.4 Å². The van der Waals surface area contributed by atoms with Gasteiger partial charge >= 0.3 is 0 Å². The average Bonchev–Trinajstić information content (AvgIpc) is 3.24. The maximum atomic E-state index is 13.3. The molecule has 0 unspecified atom stereocenters. The number of hydrogen-bond donors (Lipinski definition) is 2. The number of benzene rings is 1. The first kappa shape index (κ1) is 24.7. The Bertz CT molecular complexity index is 1020. The molecule has 2 N–H and O–H groups in total. The number of amides is 3. The molecule has 0 radical (unpaired) electrons. The fourth-order valence-corrected chi connectivity index (χ4v) is 5.23. The minimum absolute atomic E-state index is 0.0787. The number of carbonyl (C=O) groups is 3. The van der Waals surface area contributed by atoms with Gasteiger partial charge in [-0.2, -0.15) is 0 Å². The van der Waals surface area contributed by atoms with Gasteiger partial charge in [0.2, 0.25) is 5.91 Å². The number of likely N-dealkylation sites (N-methyl/N-ethyl adjacent to an activating group) is 1. The summed E-state index contributed by atoms with van der Waals surface area (Å²) >= 11 is 7.17. The van der Waals surface area contributed by atoms with Crippen molar-refractivity contribution in [2.75, 3.05) is 43.1 Å². The molecule has 2 aliphatic rings. The van der Waals surface area contributed by atoms with Crippen molar-refractivity contribution < 1.29 is 19.1 Å². The van der Waals surface area contributed by atoms with E-state index in [0.29, 0.717) is 40.6 Å². The molecule has 4 rings (SSSR count). The summed E-state index contributed by atoms with van der Waals surface area (Å²) in [6, 6.07) is 10.4. The molecule has 182 valence electrons. The summed E-state index contributed by atoms with van der Waals surface area (Å²) < 4.78 is 5.73. The molecule has 1 aliphatic heterocycles. The molecular formula is C24H29ClN4O4S. The first-order valence-corrected chi connectivity index (χ1v) is 12.7. The molecule has 1 saturated heterocycles. The van der Waals surface area contributed by atoms with Gasteiger partial charge in [0.15, 0.2) is 0 Å². The molecule has 3 amide bonds. The van der Waals surface area contributed by atoms with E-state index in [2.05, 4.69) is 15.5 Å². The number of carbonyl (C=O) groups excluding carboxylic acids is 3. The van der Waals surface area contributed by atoms with Crippen LogP contribution in [-0.4, -0.2) is 67.6 Å². The van der Waals surface area contributed by atoms with Crippen molar-refractivity contribution in [3.05, 3.63) is 45.6 Å². The average molecular weight is 505 g/mol. The first-order chi connectivity index (χ1) is 16.5. The van der Waals surface area contributed by atoms with Crippen molar-refractivity contribution in [2.24, 2.45) is 0 Å². The number of ether oxygens (including phenoxy) is 1. The number of nitrogens with zero attached hydrogens (tertiary/aromatic N) is 2. The molecule has 8 nitrogen and oxygen atoms in total. The van der Waals surface area contributed by atoms with Gasteiger partial charge in [0.05, 0.1) is 15.8 Å². The lowest BCUT2D eigenvalue weighted by atomic mass is 9.90. The molecule has 1 aromatic heterocycles. The van der Waals surface area contributed by atoms with Gasteiger partial charge in [-0.15, -0.1) is 11.3 Å². The highest BCUT2D eigenvalue weighted by Crippen LogP contribution is 2.27. The topological polar surface area (TPSA) is 91.0 Å². The van der Waals surface area contributed by atoms with E-state index in [1.807, 2.05) is 19.1 Å². The third-order valence-electron chi connectivity index (χ3n) is 6.30. The highest BCUT2D eigenvalue weighted by Gasteiger charge is 2.34. The molecule has 1 atom stereocenters. The third kappa shape index (κ3) is 5.78. The molecule has 1 saturated carbocycles. The van der Waals surface area contributed by atoms with E-state index < -0.39 is 6.04 Å². The van der Waals surface area contributed by atoms with Crippen molar-refractivity contribution >= 4 is 52.0 Å². The zero-order valence-electron chi connectivity index (χ0n) is 19.1.